The van der Waals surface area contributed by atoms with Gasteiger partial charge < -0.3 is 19.4 Å². The van der Waals surface area contributed by atoms with Crippen LogP contribution in [0.25, 0.3) is 5.69 Å². The molecular weight excluding hydrogens is 470 g/mol. The Morgan fingerprint density at radius 2 is 1.69 bits per heavy atom. The number of ether oxygens (including phenoxy) is 1. The molecule has 1 saturated heterocycles. The molecule has 2 aromatic carbocycles. The molecule has 192 valence electrons. The Morgan fingerprint density at radius 1 is 1.03 bits per heavy atom. The van der Waals surface area contributed by atoms with Gasteiger partial charge in [-0.25, -0.2) is 4.68 Å². The summed E-state index contributed by atoms with van der Waals surface area (Å²) in [7, 11) is 3.87. The van der Waals surface area contributed by atoms with E-state index in [9.17, 15) is 4.79 Å². The van der Waals surface area contributed by atoms with E-state index >= 15 is 0 Å². The normalized spacial score (nSPS) is 14.2. The molecule has 0 bridgehead atoms. The number of anilines is 1. The molecule has 0 N–H and O–H groups in total. The highest BCUT2D eigenvalue weighted by molar-refractivity contribution is 8.00. The lowest BCUT2D eigenvalue weighted by molar-refractivity contribution is -0.129. The van der Waals surface area contributed by atoms with Gasteiger partial charge in [0.25, 0.3) is 0 Å². The second kappa shape index (κ2) is 12.9. The number of thioether (sulfide) groups is 1. The number of hydrogen-bond acceptors (Lipinski definition) is 6. The second-order valence-corrected chi connectivity index (χ2v) is 10.2. The van der Waals surface area contributed by atoms with Gasteiger partial charge in [0.15, 0.2) is 0 Å². The molecule has 7 nitrogen and oxygen atoms in total. The SMILES string of the molecule is COCCCN(Cc1c(C)nn(-c2ccccc2)c1N1CCN(C)CC1)C(=O)CSc1ccccc1. The summed E-state index contributed by atoms with van der Waals surface area (Å²) >= 11 is 1.59. The fraction of sp³-hybridized carbons (Fsp3) is 0.429. The fourth-order valence-electron chi connectivity index (χ4n) is 4.46. The predicted molar refractivity (Wildman–Crippen MR) is 147 cm³/mol. The maximum absolute atomic E-state index is 13.5. The molecule has 36 heavy (non-hydrogen) atoms. The minimum absolute atomic E-state index is 0.135. The molecule has 4 rings (SSSR count). The Labute approximate surface area is 219 Å². The van der Waals surface area contributed by atoms with Crippen molar-refractivity contribution < 1.29 is 9.53 Å². The van der Waals surface area contributed by atoms with Crippen molar-refractivity contribution in [3.63, 3.8) is 0 Å². The van der Waals surface area contributed by atoms with E-state index in [1.807, 2.05) is 53.4 Å². The topological polar surface area (TPSA) is 53.8 Å². The minimum Gasteiger partial charge on any atom is -0.385 e. The number of carbonyl (C=O) groups is 1. The van der Waals surface area contributed by atoms with E-state index in [1.54, 1.807) is 18.9 Å². The number of carbonyl (C=O) groups excluding carboxylic acids is 1. The van der Waals surface area contributed by atoms with Crippen LogP contribution in [0.5, 0.6) is 0 Å². The summed E-state index contributed by atoms with van der Waals surface area (Å²) in [5, 5.41) is 4.97. The van der Waals surface area contributed by atoms with Crippen molar-refractivity contribution in [2.45, 2.75) is 24.8 Å². The third kappa shape index (κ3) is 6.69. The van der Waals surface area contributed by atoms with Gasteiger partial charge in [0.05, 0.1) is 23.7 Å². The number of para-hydroxylation sites is 1. The summed E-state index contributed by atoms with van der Waals surface area (Å²) in [6.07, 6.45) is 0.800. The lowest BCUT2D eigenvalue weighted by Gasteiger charge is -2.35. The van der Waals surface area contributed by atoms with Gasteiger partial charge in [-0.05, 0) is 44.7 Å². The molecule has 0 atom stereocenters. The van der Waals surface area contributed by atoms with Crippen molar-refractivity contribution in [2.75, 3.05) is 64.1 Å². The van der Waals surface area contributed by atoms with E-state index in [-0.39, 0.29) is 5.91 Å². The first-order valence-electron chi connectivity index (χ1n) is 12.6. The Hall–Kier alpha value is -2.81. The average Bonchev–Trinajstić information content (AvgIpc) is 3.24. The van der Waals surface area contributed by atoms with E-state index in [0.717, 1.165) is 60.3 Å². The average molecular weight is 508 g/mol. The summed E-state index contributed by atoms with van der Waals surface area (Å²) in [6.45, 7) is 7.75. The van der Waals surface area contributed by atoms with Gasteiger partial charge in [-0.1, -0.05) is 36.4 Å². The highest BCUT2D eigenvalue weighted by Crippen LogP contribution is 2.30. The van der Waals surface area contributed by atoms with Crippen molar-refractivity contribution in [3.8, 4) is 5.69 Å². The molecule has 2 heterocycles. The van der Waals surface area contributed by atoms with Gasteiger partial charge in [0, 0.05) is 56.9 Å². The van der Waals surface area contributed by atoms with Gasteiger partial charge >= 0.3 is 0 Å². The van der Waals surface area contributed by atoms with E-state index in [1.165, 1.54) is 0 Å². The monoisotopic (exact) mass is 507 g/mol. The van der Waals surface area contributed by atoms with Gasteiger partial charge in [0.1, 0.15) is 5.82 Å². The van der Waals surface area contributed by atoms with Crippen LogP contribution in [0.2, 0.25) is 0 Å². The van der Waals surface area contributed by atoms with Crippen LogP contribution in [-0.2, 0) is 16.1 Å². The first kappa shape index (κ1) is 26.3. The molecule has 0 spiro atoms. The van der Waals surface area contributed by atoms with Gasteiger partial charge in [-0.3, -0.25) is 4.79 Å². The molecule has 0 aliphatic carbocycles. The number of likely N-dealkylation sites (N-methyl/N-ethyl adjacent to an activating group) is 1. The molecule has 3 aromatic rings. The van der Waals surface area contributed by atoms with E-state index in [4.69, 9.17) is 9.84 Å². The molecule has 1 amide bonds. The van der Waals surface area contributed by atoms with Crippen molar-refractivity contribution in [3.05, 3.63) is 71.9 Å². The highest BCUT2D eigenvalue weighted by Gasteiger charge is 2.27. The number of aromatic nitrogens is 2. The molecule has 8 heteroatoms. The van der Waals surface area contributed by atoms with Crippen LogP contribution >= 0.6 is 11.8 Å². The molecule has 1 aliphatic heterocycles. The van der Waals surface area contributed by atoms with Crippen LogP contribution in [0.3, 0.4) is 0 Å². The zero-order valence-corrected chi connectivity index (χ0v) is 22.4. The minimum atomic E-state index is 0.135. The standard InChI is InChI=1S/C28H37N5O2S/c1-23-26(21-32(15-10-20-35-3)27(34)22-36-25-13-8-5-9-14-25)28(31-18-16-30(2)17-19-31)33(29-23)24-11-6-4-7-12-24/h4-9,11-14H,10,15-22H2,1-3H3. The van der Waals surface area contributed by atoms with Crippen LogP contribution in [0, 0.1) is 6.92 Å². The second-order valence-electron chi connectivity index (χ2n) is 9.19. The lowest BCUT2D eigenvalue weighted by atomic mass is 10.2. The molecule has 1 aliphatic rings. The molecule has 0 unspecified atom stereocenters. The Balaban J connectivity index is 1.62. The largest absolute Gasteiger partial charge is 0.385 e. The van der Waals surface area contributed by atoms with Crippen molar-refractivity contribution >= 4 is 23.5 Å². The Kier molecular flexibility index (Phi) is 9.44. The number of hydrogen-bond donors (Lipinski definition) is 0. The quantitative estimate of drug-likeness (QED) is 0.288. The summed E-state index contributed by atoms with van der Waals surface area (Å²) < 4.78 is 7.36. The number of amides is 1. The predicted octanol–water partition coefficient (Wildman–Crippen LogP) is 4.09. The molecule has 0 radical (unpaired) electrons. The summed E-state index contributed by atoms with van der Waals surface area (Å²) in [6, 6.07) is 20.4. The van der Waals surface area contributed by atoms with E-state index in [0.29, 0.717) is 25.4 Å². The van der Waals surface area contributed by atoms with Crippen LogP contribution in [0.4, 0.5) is 5.82 Å². The zero-order valence-electron chi connectivity index (χ0n) is 21.6. The number of benzene rings is 2. The van der Waals surface area contributed by atoms with Crippen LogP contribution in [0.15, 0.2) is 65.6 Å². The zero-order chi connectivity index (χ0) is 25.3. The first-order chi connectivity index (χ1) is 17.6. The van der Waals surface area contributed by atoms with Gasteiger partial charge in [-0.2, -0.15) is 5.10 Å². The Morgan fingerprint density at radius 3 is 2.36 bits per heavy atom. The number of aryl methyl sites for hydroxylation is 1. The first-order valence-corrected chi connectivity index (χ1v) is 13.6. The lowest BCUT2D eigenvalue weighted by Crippen LogP contribution is -2.45. The van der Waals surface area contributed by atoms with Crippen LogP contribution in [-0.4, -0.2) is 84.7 Å². The summed E-state index contributed by atoms with van der Waals surface area (Å²) in [5.74, 6) is 1.65. The number of piperazine rings is 1. The smallest absolute Gasteiger partial charge is 0.233 e. The summed E-state index contributed by atoms with van der Waals surface area (Å²) in [4.78, 5) is 21.3. The van der Waals surface area contributed by atoms with E-state index < -0.39 is 0 Å². The highest BCUT2D eigenvalue weighted by atomic mass is 32.2. The molecule has 1 aromatic heterocycles. The Bertz CT molecular complexity index is 1100. The van der Waals surface area contributed by atoms with Crippen molar-refractivity contribution in [1.82, 2.24) is 19.6 Å². The van der Waals surface area contributed by atoms with Gasteiger partial charge in [0.2, 0.25) is 5.91 Å². The van der Waals surface area contributed by atoms with Crippen LogP contribution < -0.4 is 4.90 Å². The fourth-order valence-corrected chi connectivity index (χ4v) is 5.28. The third-order valence-electron chi connectivity index (χ3n) is 6.54. The maximum Gasteiger partial charge on any atom is 0.233 e. The number of methoxy groups -OCH3 is 1. The molecular formula is C28H37N5O2S. The summed E-state index contributed by atoms with van der Waals surface area (Å²) in [5.41, 5.74) is 3.13. The number of nitrogens with zero attached hydrogens (tertiary/aromatic N) is 5. The van der Waals surface area contributed by atoms with Crippen molar-refractivity contribution in [1.29, 1.82) is 0 Å². The van der Waals surface area contributed by atoms with E-state index in [2.05, 4.69) is 40.6 Å². The molecule has 0 saturated carbocycles. The molecule has 1 fully saturated rings. The third-order valence-corrected chi connectivity index (χ3v) is 7.54. The van der Waals surface area contributed by atoms with Crippen LogP contribution in [0.1, 0.15) is 17.7 Å². The van der Waals surface area contributed by atoms with Gasteiger partial charge in [-0.15, -0.1) is 11.8 Å². The maximum atomic E-state index is 13.5. The number of rotatable bonds is 11. The van der Waals surface area contributed by atoms with Crippen molar-refractivity contribution in [2.24, 2.45) is 0 Å².